The monoisotopic (exact) mass is 321 g/mol. The van der Waals surface area contributed by atoms with Gasteiger partial charge in [0.2, 0.25) is 0 Å². The summed E-state index contributed by atoms with van der Waals surface area (Å²) in [6.07, 6.45) is -3.00. The van der Waals surface area contributed by atoms with E-state index in [9.17, 15) is 18.0 Å². The van der Waals surface area contributed by atoms with Crippen molar-refractivity contribution in [3.63, 3.8) is 0 Å². The summed E-state index contributed by atoms with van der Waals surface area (Å²) < 4.78 is 42.4. The predicted octanol–water partition coefficient (Wildman–Crippen LogP) is 3.34. The normalized spacial score (nSPS) is 22.9. The molecule has 2 atom stereocenters. The van der Waals surface area contributed by atoms with Crippen LogP contribution in [-0.2, 0) is 0 Å². The first kappa shape index (κ1) is 16.1. The highest BCUT2D eigenvalue weighted by atomic mass is 32.1. The molecule has 8 heteroatoms. The van der Waals surface area contributed by atoms with Crippen molar-refractivity contribution in [2.24, 2.45) is 5.92 Å². The highest BCUT2D eigenvalue weighted by Crippen LogP contribution is 2.37. The maximum Gasteiger partial charge on any atom is 0.391 e. The van der Waals surface area contributed by atoms with Crippen LogP contribution in [0.2, 0.25) is 0 Å². The lowest BCUT2D eigenvalue weighted by Crippen LogP contribution is -2.41. The summed E-state index contributed by atoms with van der Waals surface area (Å²) in [5.74, 6) is -1.67. The van der Waals surface area contributed by atoms with Crippen molar-refractivity contribution in [2.45, 2.75) is 44.8 Å². The first-order chi connectivity index (χ1) is 9.82. The molecule has 1 aliphatic carbocycles. The largest absolute Gasteiger partial charge is 0.391 e. The molecule has 4 nitrogen and oxygen atoms in total. The highest BCUT2D eigenvalue weighted by molar-refractivity contribution is 7.10. The van der Waals surface area contributed by atoms with Crippen LogP contribution < -0.4 is 10.6 Å². The van der Waals surface area contributed by atoms with E-state index >= 15 is 0 Å². The molecule has 21 heavy (non-hydrogen) atoms. The Morgan fingerprint density at radius 3 is 2.71 bits per heavy atom. The van der Waals surface area contributed by atoms with Crippen molar-refractivity contribution >= 4 is 22.4 Å². The number of amides is 1. The average Bonchev–Trinajstić information content (AvgIpc) is 2.79. The molecule has 1 amide bonds. The van der Waals surface area contributed by atoms with Crippen LogP contribution in [0.1, 0.15) is 41.7 Å². The number of hydrogen-bond acceptors (Lipinski definition) is 4. The summed E-state index contributed by atoms with van der Waals surface area (Å²) in [6.45, 7) is 1.71. The highest BCUT2D eigenvalue weighted by Gasteiger charge is 2.42. The standard InChI is InChI=1S/C13H18F3N3OS/c1-7-10(12(17-2)21-19-7)11(20)18-9-5-3-4-8(6-9)13(14,15)16/h8-9,17H,3-6H2,1-2H3,(H,18,20)/t8-,9-/m1/s1. The van der Waals surface area contributed by atoms with Gasteiger partial charge in [-0.15, -0.1) is 0 Å². The molecule has 1 aromatic rings. The van der Waals surface area contributed by atoms with Gasteiger partial charge in [0.15, 0.2) is 0 Å². The first-order valence-corrected chi connectivity index (χ1v) is 7.62. The number of nitrogens with one attached hydrogen (secondary N) is 2. The van der Waals surface area contributed by atoms with Crippen molar-refractivity contribution in [1.29, 1.82) is 0 Å². The van der Waals surface area contributed by atoms with Gasteiger partial charge in [-0.3, -0.25) is 4.79 Å². The minimum atomic E-state index is -4.18. The van der Waals surface area contributed by atoms with Crippen molar-refractivity contribution in [1.82, 2.24) is 9.69 Å². The van der Waals surface area contributed by atoms with Crippen LogP contribution in [0.4, 0.5) is 18.2 Å². The Morgan fingerprint density at radius 1 is 1.38 bits per heavy atom. The van der Waals surface area contributed by atoms with Crippen LogP contribution in [0.5, 0.6) is 0 Å². The van der Waals surface area contributed by atoms with E-state index in [4.69, 9.17) is 0 Å². The molecule has 0 aromatic carbocycles. The van der Waals surface area contributed by atoms with Gasteiger partial charge in [-0.1, -0.05) is 6.42 Å². The molecule has 0 unspecified atom stereocenters. The summed E-state index contributed by atoms with van der Waals surface area (Å²) in [4.78, 5) is 12.3. The third-order valence-corrected chi connectivity index (χ3v) is 4.75. The molecule has 1 aliphatic rings. The van der Waals surface area contributed by atoms with Crippen molar-refractivity contribution < 1.29 is 18.0 Å². The minimum Gasteiger partial charge on any atom is -0.378 e. The second-order valence-corrected chi connectivity index (χ2v) is 6.07. The number of carbonyl (C=O) groups is 1. The molecule has 1 saturated carbocycles. The Balaban J connectivity index is 2.04. The Bertz CT molecular complexity index is 515. The fourth-order valence-corrected chi connectivity index (χ4v) is 3.43. The topological polar surface area (TPSA) is 54.0 Å². The van der Waals surface area contributed by atoms with E-state index in [-0.39, 0.29) is 18.7 Å². The molecule has 1 heterocycles. The molecular formula is C13H18F3N3OS. The number of anilines is 1. The maximum absolute atomic E-state index is 12.8. The summed E-state index contributed by atoms with van der Waals surface area (Å²) in [5.41, 5.74) is 1.02. The van der Waals surface area contributed by atoms with Crippen LogP contribution in [0, 0.1) is 12.8 Å². The van der Waals surface area contributed by atoms with Crippen molar-refractivity contribution in [2.75, 3.05) is 12.4 Å². The van der Waals surface area contributed by atoms with Crippen molar-refractivity contribution in [3.05, 3.63) is 11.3 Å². The molecule has 118 valence electrons. The van der Waals surface area contributed by atoms with Crippen LogP contribution in [0.3, 0.4) is 0 Å². The van der Waals surface area contributed by atoms with Crippen LogP contribution in [0.15, 0.2) is 0 Å². The van der Waals surface area contributed by atoms with Gasteiger partial charge in [0.25, 0.3) is 5.91 Å². The Hall–Kier alpha value is -1.31. The summed E-state index contributed by atoms with van der Waals surface area (Å²) in [6, 6.07) is -0.429. The molecule has 0 spiro atoms. The summed E-state index contributed by atoms with van der Waals surface area (Å²) in [7, 11) is 1.68. The van der Waals surface area contributed by atoms with Crippen molar-refractivity contribution in [3.8, 4) is 0 Å². The van der Waals surface area contributed by atoms with Crippen LogP contribution in [-0.4, -0.2) is 29.5 Å². The number of halogens is 3. The predicted molar refractivity (Wildman–Crippen MR) is 75.7 cm³/mol. The molecule has 2 rings (SSSR count). The quantitative estimate of drug-likeness (QED) is 0.898. The number of aryl methyl sites for hydroxylation is 1. The molecule has 1 fully saturated rings. The van der Waals surface area contributed by atoms with Gasteiger partial charge < -0.3 is 10.6 Å². The van der Waals surface area contributed by atoms with E-state index in [0.29, 0.717) is 29.1 Å². The van der Waals surface area contributed by atoms with Gasteiger partial charge >= 0.3 is 6.18 Å². The number of aromatic nitrogens is 1. The Morgan fingerprint density at radius 2 is 2.10 bits per heavy atom. The Kier molecular flexibility index (Phi) is 4.75. The lowest BCUT2D eigenvalue weighted by atomic mass is 9.85. The molecule has 0 bridgehead atoms. The number of alkyl halides is 3. The summed E-state index contributed by atoms with van der Waals surface area (Å²) in [5, 5.41) is 6.24. The van der Waals surface area contributed by atoms with E-state index < -0.39 is 18.1 Å². The lowest BCUT2D eigenvalue weighted by molar-refractivity contribution is -0.183. The van der Waals surface area contributed by atoms with Gasteiger partial charge in [0.05, 0.1) is 17.2 Å². The third-order valence-electron chi connectivity index (χ3n) is 3.79. The van der Waals surface area contributed by atoms with Gasteiger partial charge in [0.1, 0.15) is 5.00 Å². The number of rotatable bonds is 3. The van der Waals surface area contributed by atoms with Gasteiger partial charge in [0, 0.05) is 13.1 Å². The van der Waals surface area contributed by atoms with E-state index in [1.54, 1.807) is 14.0 Å². The number of hydrogen-bond donors (Lipinski definition) is 2. The Labute approximate surface area is 125 Å². The molecule has 2 N–H and O–H groups in total. The van der Waals surface area contributed by atoms with Crippen LogP contribution in [0.25, 0.3) is 0 Å². The van der Waals surface area contributed by atoms with E-state index in [1.165, 1.54) is 11.5 Å². The first-order valence-electron chi connectivity index (χ1n) is 6.84. The number of nitrogens with zero attached hydrogens (tertiary/aromatic N) is 1. The van der Waals surface area contributed by atoms with E-state index in [1.807, 2.05) is 0 Å². The molecule has 1 aromatic heterocycles. The minimum absolute atomic E-state index is 0.0409. The number of carbonyl (C=O) groups excluding carboxylic acids is 1. The maximum atomic E-state index is 12.8. The van der Waals surface area contributed by atoms with Crippen LogP contribution >= 0.6 is 11.5 Å². The second-order valence-electron chi connectivity index (χ2n) is 5.30. The average molecular weight is 321 g/mol. The van der Waals surface area contributed by atoms with Gasteiger partial charge in [-0.2, -0.15) is 17.5 Å². The second kappa shape index (κ2) is 6.21. The zero-order valence-electron chi connectivity index (χ0n) is 11.9. The van der Waals surface area contributed by atoms with Gasteiger partial charge in [-0.05, 0) is 37.7 Å². The lowest BCUT2D eigenvalue weighted by Gasteiger charge is -2.31. The fraction of sp³-hybridized carbons (Fsp3) is 0.692. The third kappa shape index (κ3) is 3.66. The zero-order chi connectivity index (χ0) is 15.6. The molecule has 0 radical (unpaired) electrons. The fourth-order valence-electron chi connectivity index (χ4n) is 2.68. The molecule has 0 aliphatic heterocycles. The molecular weight excluding hydrogens is 303 g/mol. The molecule has 0 saturated heterocycles. The summed E-state index contributed by atoms with van der Waals surface area (Å²) >= 11 is 1.17. The van der Waals surface area contributed by atoms with E-state index in [2.05, 4.69) is 15.0 Å². The van der Waals surface area contributed by atoms with Gasteiger partial charge in [-0.25, -0.2) is 0 Å². The SMILES string of the molecule is CNc1snc(C)c1C(=O)N[C@@H]1CCC[C@@H](C(F)(F)F)C1. The smallest absolute Gasteiger partial charge is 0.378 e. The zero-order valence-corrected chi connectivity index (χ0v) is 12.7. The van der Waals surface area contributed by atoms with E-state index in [0.717, 1.165) is 0 Å².